The Kier molecular flexibility index (Phi) is 3.99. The minimum atomic E-state index is -0.243. The molecule has 0 saturated heterocycles. The van der Waals surface area contributed by atoms with E-state index in [1.807, 2.05) is 12.1 Å². The predicted molar refractivity (Wildman–Crippen MR) is 73.9 cm³/mol. The van der Waals surface area contributed by atoms with E-state index in [4.69, 9.17) is 11.0 Å². The predicted octanol–water partition coefficient (Wildman–Crippen LogP) is 3.09. The van der Waals surface area contributed by atoms with Gasteiger partial charge in [-0.3, -0.25) is 0 Å². The zero-order valence-electron chi connectivity index (χ0n) is 10.4. The second-order valence-electron chi connectivity index (χ2n) is 4.23. The smallest absolute Gasteiger partial charge is 0.123 e. The number of nitrogens with zero attached hydrogens (tertiary/aromatic N) is 1. The van der Waals surface area contributed by atoms with E-state index in [2.05, 4.69) is 11.4 Å². The zero-order valence-corrected chi connectivity index (χ0v) is 10.4. The van der Waals surface area contributed by atoms with Crippen LogP contribution in [0.15, 0.2) is 42.5 Å². The van der Waals surface area contributed by atoms with Crippen molar-refractivity contribution in [3.63, 3.8) is 0 Å². The van der Waals surface area contributed by atoms with Crippen LogP contribution in [0.25, 0.3) is 0 Å². The maximum Gasteiger partial charge on any atom is 0.123 e. The summed E-state index contributed by atoms with van der Waals surface area (Å²) in [6, 6.07) is 13.9. The summed E-state index contributed by atoms with van der Waals surface area (Å²) in [6.07, 6.45) is 0.290. The number of nitrogens with one attached hydrogen (secondary N) is 1. The maximum absolute atomic E-state index is 12.8. The normalized spacial score (nSPS) is 9.89. The number of nitrogen functional groups attached to an aromatic ring is 1. The van der Waals surface area contributed by atoms with Crippen molar-refractivity contribution in [2.75, 3.05) is 11.1 Å². The van der Waals surface area contributed by atoms with Crippen LogP contribution in [0.3, 0.4) is 0 Å². The minimum absolute atomic E-state index is 0.243. The van der Waals surface area contributed by atoms with Gasteiger partial charge in [0.2, 0.25) is 0 Å². The van der Waals surface area contributed by atoms with E-state index in [0.29, 0.717) is 12.2 Å². The zero-order chi connectivity index (χ0) is 13.7. The van der Waals surface area contributed by atoms with E-state index in [-0.39, 0.29) is 12.2 Å². The van der Waals surface area contributed by atoms with E-state index in [1.165, 1.54) is 12.1 Å². The van der Waals surface area contributed by atoms with Crippen LogP contribution in [-0.4, -0.2) is 0 Å². The van der Waals surface area contributed by atoms with Gasteiger partial charge in [0.15, 0.2) is 0 Å². The summed E-state index contributed by atoms with van der Waals surface area (Å²) in [5.41, 5.74) is 9.09. The van der Waals surface area contributed by atoms with Crippen molar-refractivity contribution in [2.45, 2.75) is 13.0 Å². The minimum Gasteiger partial charge on any atom is -0.398 e. The molecule has 2 aromatic rings. The molecule has 0 atom stereocenters. The van der Waals surface area contributed by atoms with Gasteiger partial charge in [0.25, 0.3) is 0 Å². The van der Waals surface area contributed by atoms with Crippen molar-refractivity contribution >= 4 is 11.4 Å². The molecule has 0 saturated carbocycles. The van der Waals surface area contributed by atoms with Gasteiger partial charge in [-0.1, -0.05) is 12.1 Å². The number of anilines is 2. The first kappa shape index (κ1) is 12.9. The van der Waals surface area contributed by atoms with Crippen molar-refractivity contribution in [3.8, 4) is 6.07 Å². The number of nitriles is 1. The number of halogens is 1. The van der Waals surface area contributed by atoms with Gasteiger partial charge >= 0.3 is 0 Å². The Balaban J connectivity index is 2.05. The summed E-state index contributed by atoms with van der Waals surface area (Å²) in [7, 11) is 0. The summed E-state index contributed by atoms with van der Waals surface area (Å²) in [5.74, 6) is -0.243. The average Bonchev–Trinajstić information content (AvgIpc) is 2.42. The lowest BCUT2D eigenvalue weighted by Crippen LogP contribution is -2.01. The van der Waals surface area contributed by atoms with Crippen LogP contribution in [0.4, 0.5) is 15.8 Å². The van der Waals surface area contributed by atoms with E-state index in [9.17, 15) is 4.39 Å². The summed E-state index contributed by atoms with van der Waals surface area (Å²) in [6.45, 7) is 0.593. The Hall–Kier alpha value is -2.54. The van der Waals surface area contributed by atoms with Crippen LogP contribution in [0, 0.1) is 17.1 Å². The van der Waals surface area contributed by atoms with Crippen LogP contribution in [0.1, 0.15) is 11.1 Å². The molecule has 0 heterocycles. The van der Waals surface area contributed by atoms with Crippen molar-refractivity contribution in [1.82, 2.24) is 0 Å². The van der Waals surface area contributed by atoms with E-state index in [1.54, 1.807) is 18.2 Å². The van der Waals surface area contributed by atoms with E-state index < -0.39 is 0 Å². The maximum atomic E-state index is 12.8. The summed E-state index contributed by atoms with van der Waals surface area (Å²) in [5, 5.41) is 11.9. The Bertz CT molecular complexity index is 600. The fourth-order valence-corrected chi connectivity index (χ4v) is 1.76. The fraction of sp³-hybridized carbons (Fsp3) is 0.133. The highest BCUT2D eigenvalue weighted by atomic mass is 19.1. The Morgan fingerprint density at radius 3 is 2.58 bits per heavy atom. The Morgan fingerprint density at radius 1 is 1.16 bits per heavy atom. The Morgan fingerprint density at radius 2 is 1.89 bits per heavy atom. The van der Waals surface area contributed by atoms with E-state index in [0.717, 1.165) is 16.8 Å². The lowest BCUT2D eigenvalue weighted by molar-refractivity contribution is 0.627. The number of nitrogens with two attached hydrogens (primary N) is 1. The van der Waals surface area contributed by atoms with Crippen molar-refractivity contribution < 1.29 is 4.39 Å². The molecule has 0 fully saturated rings. The molecule has 0 aliphatic rings. The highest BCUT2D eigenvalue weighted by Gasteiger charge is 2.01. The van der Waals surface area contributed by atoms with Gasteiger partial charge < -0.3 is 11.1 Å². The molecule has 3 nitrogen and oxygen atoms in total. The summed E-state index contributed by atoms with van der Waals surface area (Å²) < 4.78 is 12.8. The number of rotatable bonds is 4. The highest BCUT2D eigenvalue weighted by molar-refractivity contribution is 5.58. The molecular formula is C15H14FN3. The SMILES string of the molecule is N#CCc1cc(NCc2ccc(F)cc2)ccc1N. The fourth-order valence-electron chi connectivity index (χ4n) is 1.76. The molecule has 2 rings (SSSR count). The Labute approximate surface area is 111 Å². The van der Waals surface area contributed by atoms with Crippen LogP contribution in [0.2, 0.25) is 0 Å². The molecule has 19 heavy (non-hydrogen) atoms. The molecule has 0 amide bonds. The van der Waals surface area contributed by atoms with Gasteiger partial charge in [0.05, 0.1) is 12.5 Å². The molecule has 2 aromatic carbocycles. The van der Waals surface area contributed by atoms with Crippen molar-refractivity contribution in [1.29, 1.82) is 5.26 Å². The number of hydrogen-bond acceptors (Lipinski definition) is 3. The second-order valence-corrected chi connectivity index (χ2v) is 4.23. The summed E-state index contributed by atoms with van der Waals surface area (Å²) >= 11 is 0. The molecule has 96 valence electrons. The molecule has 0 unspecified atom stereocenters. The standard InChI is InChI=1S/C15H14FN3/c16-13-3-1-11(2-4-13)10-19-14-5-6-15(18)12(9-14)7-8-17/h1-6,9,19H,7,10,18H2. The molecule has 0 spiro atoms. The van der Waals surface area contributed by atoms with Gasteiger partial charge in [-0.2, -0.15) is 5.26 Å². The molecular weight excluding hydrogens is 241 g/mol. The second kappa shape index (κ2) is 5.87. The van der Waals surface area contributed by atoms with Crippen LogP contribution < -0.4 is 11.1 Å². The van der Waals surface area contributed by atoms with Gasteiger partial charge in [-0.05, 0) is 41.5 Å². The summed E-state index contributed by atoms with van der Waals surface area (Å²) in [4.78, 5) is 0. The van der Waals surface area contributed by atoms with Gasteiger partial charge in [-0.25, -0.2) is 4.39 Å². The molecule has 0 radical (unpaired) electrons. The number of benzene rings is 2. The molecule has 0 aliphatic carbocycles. The van der Waals surface area contributed by atoms with Crippen LogP contribution in [-0.2, 0) is 13.0 Å². The van der Waals surface area contributed by atoms with Gasteiger partial charge in [0.1, 0.15) is 5.82 Å². The topological polar surface area (TPSA) is 61.8 Å². The monoisotopic (exact) mass is 255 g/mol. The lowest BCUT2D eigenvalue weighted by atomic mass is 10.1. The quantitative estimate of drug-likeness (QED) is 0.825. The third-order valence-electron chi connectivity index (χ3n) is 2.82. The number of hydrogen-bond donors (Lipinski definition) is 2. The van der Waals surface area contributed by atoms with Crippen LogP contribution in [0.5, 0.6) is 0 Å². The first-order valence-corrected chi connectivity index (χ1v) is 5.92. The first-order chi connectivity index (χ1) is 9.19. The van der Waals surface area contributed by atoms with E-state index >= 15 is 0 Å². The first-order valence-electron chi connectivity index (χ1n) is 5.92. The molecule has 3 N–H and O–H groups in total. The van der Waals surface area contributed by atoms with Crippen molar-refractivity contribution in [2.24, 2.45) is 0 Å². The lowest BCUT2D eigenvalue weighted by Gasteiger charge is -2.09. The third kappa shape index (κ3) is 3.46. The molecule has 0 bridgehead atoms. The molecule has 0 aliphatic heterocycles. The van der Waals surface area contributed by atoms with Gasteiger partial charge in [-0.15, -0.1) is 0 Å². The molecule has 4 heteroatoms. The largest absolute Gasteiger partial charge is 0.398 e. The van der Waals surface area contributed by atoms with Crippen LogP contribution >= 0.6 is 0 Å². The van der Waals surface area contributed by atoms with Gasteiger partial charge in [0, 0.05) is 17.9 Å². The molecule has 0 aromatic heterocycles. The third-order valence-corrected chi connectivity index (χ3v) is 2.82. The average molecular weight is 255 g/mol. The van der Waals surface area contributed by atoms with Crippen molar-refractivity contribution in [3.05, 3.63) is 59.4 Å². The highest BCUT2D eigenvalue weighted by Crippen LogP contribution is 2.19.